The number of nitrogens with one attached hydrogen (secondary N) is 1. The molecule has 0 bridgehead atoms. The van der Waals surface area contributed by atoms with E-state index in [9.17, 15) is 14.7 Å². The first-order valence-electron chi connectivity index (χ1n) is 11.4. The second-order valence-corrected chi connectivity index (χ2v) is 9.83. The van der Waals surface area contributed by atoms with Crippen molar-refractivity contribution in [2.45, 2.75) is 51.3 Å². The number of carbonyl (C=O) groups excluding carboxylic acids is 1. The maximum atomic E-state index is 12.9. The van der Waals surface area contributed by atoms with Crippen molar-refractivity contribution in [2.75, 3.05) is 19.0 Å². The van der Waals surface area contributed by atoms with Crippen LogP contribution >= 0.6 is 0 Å². The van der Waals surface area contributed by atoms with Gasteiger partial charge in [-0.05, 0) is 52.0 Å². The molecular weight excluding hydrogens is 448 g/mol. The van der Waals surface area contributed by atoms with Gasteiger partial charge in [-0.2, -0.15) is 0 Å². The van der Waals surface area contributed by atoms with Gasteiger partial charge >= 0.3 is 12.1 Å². The van der Waals surface area contributed by atoms with Crippen LogP contribution < -0.4 is 10.1 Å². The zero-order chi connectivity index (χ0) is 25.4. The Labute approximate surface area is 204 Å². The van der Waals surface area contributed by atoms with Crippen molar-refractivity contribution in [3.63, 3.8) is 0 Å². The van der Waals surface area contributed by atoms with Crippen LogP contribution in [-0.4, -0.2) is 62.9 Å². The summed E-state index contributed by atoms with van der Waals surface area (Å²) in [5, 5.41) is 14.2. The normalized spacial score (nSPS) is 20.0. The standard InChI is InChI=1S/C26H30N4O5/c1-25(2,3)35-24(33)30-15-16(14-26(30,4)23(31)32)27-21-17-10-6-8-12-19(17)28-22(29-21)18-11-7-9-13-20(18)34-5/h6-13,16H,14-15H2,1-5H3,(H,31,32)(H,27,28,29)/t16-,26+/m0/s1. The number of ether oxygens (including phenoxy) is 2. The van der Waals surface area contributed by atoms with E-state index in [0.717, 1.165) is 16.5 Å². The van der Waals surface area contributed by atoms with Gasteiger partial charge in [0.05, 0.1) is 18.2 Å². The maximum Gasteiger partial charge on any atom is 0.411 e. The van der Waals surface area contributed by atoms with Gasteiger partial charge in [0.2, 0.25) is 0 Å². The minimum Gasteiger partial charge on any atom is -0.496 e. The third kappa shape index (κ3) is 4.84. The molecule has 184 valence electrons. The molecule has 4 rings (SSSR count). The van der Waals surface area contributed by atoms with Crippen LogP contribution in [0.5, 0.6) is 5.75 Å². The fourth-order valence-electron chi connectivity index (χ4n) is 4.30. The number of rotatable bonds is 5. The van der Waals surface area contributed by atoms with Gasteiger partial charge in [-0.15, -0.1) is 0 Å². The number of hydrogen-bond acceptors (Lipinski definition) is 7. The van der Waals surface area contributed by atoms with E-state index in [1.807, 2.05) is 48.5 Å². The molecule has 1 amide bonds. The molecule has 9 nitrogen and oxygen atoms in total. The van der Waals surface area contributed by atoms with Gasteiger partial charge in [0.1, 0.15) is 22.7 Å². The molecule has 0 unspecified atom stereocenters. The summed E-state index contributed by atoms with van der Waals surface area (Å²) in [6.07, 6.45) is -0.474. The number of fused-ring (bicyclic) bond motifs is 1. The topological polar surface area (TPSA) is 114 Å². The lowest BCUT2D eigenvalue weighted by atomic mass is 9.97. The van der Waals surface area contributed by atoms with Gasteiger partial charge in [0, 0.05) is 24.4 Å². The monoisotopic (exact) mass is 478 g/mol. The van der Waals surface area contributed by atoms with Gasteiger partial charge < -0.3 is 19.9 Å². The van der Waals surface area contributed by atoms with Crippen molar-refractivity contribution < 1.29 is 24.2 Å². The fraction of sp³-hybridized carbons (Fsp3) is 0.385. The Morgan fingerprint density at radius 2 is 1.80 bits per heavy atom. The number of carboxylic acid groups (broad SMARTS) is 1. The molecule has 1 saturated heterocycles. The summed E-state index contributed by atoms with van der Waals surface area (Å²) in [7, 11) is 1.59. The number of amides is 1. The van der Waals surface area contributed by atoms with Crippen molar-refractivity contribution in [1.29, 1.82) is 0 Å². The van der Waals surface area contributed by atoms with Crippen LogP contribution in [0.1, 0.15) is 34.1 Å². The predicted molar refractivity (Wildman–Crippen MR) is 133 cm³/mol. The van der Waals surface area contributed by atoms with Gasteiger partial charge in [0.15, 0.2) is 5.82 Å². The lowest BCUT2D eigenvalue weighted by molar-refractivity contribution is -0.148. The SMILES string of the molecule is COc1ccccc1-c1nc(N[C@@H]2CN(C(=O)OC(C)(C)C)[C@@](C)(C(=O)O)C2)c2ccccc2n1. The summed E-state index contributed by atoms with van der Waals surface area (Å²) < 4.78 is 11.0. The number of carboxylic acids is 1. The number of hydrogen-bond donors (Lipinski definition) is 2. The number of methoxy groups -OCH3 is 1. The molecule has 0 saturated carbocycles. The lowest BCUT2D eigenvalue weighted by Crippen LogP contribution is -2.52. The minimum atomic E-state index is -1.42. The van der Waals surface area contributed by atoms with Crippen LogP contribution in [0, 0.1) is 0 Å². The highest BCUT2D eigenvalue weighted by Crippen LogP contribution is 2.35. The van der Waals surface area contributed by atoms with Crippen LogP contribution in [0.2, 0.25) is 0 Å². The molecule has 0 aliphatic carbocycles. The Morgan fingerprint density at radius 1 is 1.11 bits per heavy atom. The molecule has 0 spiro atoms. The average molecular weight is 479 g/mol. The Bertz CT molecular complexity index is 1270. The number of likely N-dealkylation sites (tertiary alicyclic amines) is 1. The lowest BCUT2D eigenvalue weighted by Gasteiger charge is -2.32. The van der Waals surface area contributed by atoms with E-state index < -0.39 is 23.2 Å². The average Bonchev–Trinajstić information content (AvgIpc) is 3.15. The smallest absolute Gasteiger partial charge is 0.411 e. The number of para-hydroxylation sites is 2. The van der Waals surface area contributed by atoms with E-state index in [4.69, 9.17) is 19.4 Å². The Kier molecular flexibility index (Phi) is 6.27. The van der Waals surface area contributed by atoms with E-state index in [0.29, 0.717) is 17.4 Å². The molecule has 2 aromatic carbocycles. The van der Waals surface area contributed by atoms with Crippen molar-refractivity contribution in [2.24, 2.45) is 0 Å². The molecular formula is C26H30N4O5. The Morgan fingerprint density at radius 3 is 2.49 bits per heavy atom. The predicted octanol–water partition coefficient (Wildman–Crippen LogP) is 4.57. The van der Waals surface area contributed by atoms with Crippen LogP contribution in [-0.2, 0) is 9.53 Å². The van der Waals surface area contributed by atoms with E-state index in [1.165, 1.54) is 4.90 Å². The molecule has 3 aromatic rings. The quantitative estimate of drug-likeness (QED) is 0.548. The molecule has 2 atom stereocenters. The van der Waals surface area contributed by atoms with Gasteiger partial charge in [-0.25, -0.2) is 19.6 Å². The number of benzene rings is 2. The van der Waals surface area contributed by atoms with Crippen LogP contribution in [0.4, 0.5) is 10.6 Å². The summed E-state index contributed by atoms with van der Waals surface area (Å²) in [5.74, 6) is 0.589. The first-order valence-corrected chi connectivity index (χ1v) is 11.4. The number of carbonyl (C=O) groups is 2. The Hall–Kier alpha value is -3.88. The second-order valence-electron chi connectivity index (χ2n) is 9.83. The van der Waals surface area contributed by atoms with E-state index in [2.05, 4.69) is 5.32 Å². The van der Waals surface area contributed by atoms with E-state index in [-0.39, 0.29) is 19.0 Å². The summed E-state index contributed by atoms with van der Waals surface area (Å²) in [4.78, 5) is 35.9. The molecule has 1 aliphatic heterocycles. The van der Waals surface area contributed by atoms with Crippen molar-refractivity contribution in [3.05, 3.63) is 48.5 Å². The third-order valence-electron chi connectivity index (χ3n) is 6.01. The molecule has 9 heteroatoms. The van der Waals surface area contributed by atoms with Crippen LogP contribution in [0.15, 0.2) is 48.5 Å². The number of nitrogens with zero attached hydrogens (tertiary/aromatic N) is 3. The molecule has 0 radical (unpaired) electrons. The van der Waals surface area contributed by atoms with Crippen molar-refractivity contribution >= 4 is 28.8 Å². The van der Waals surface area contributed by atoms with Gasteiger partial charge in [0.25, 0.3) is 0 Å². The highest BCUT2D eigenvalue weighted by Gasteiger charge is 2.51. The first kappa shape index (κ1) is 24.3. The van der Waals surface area contributed by atoms with Crippen molar-refractivity contribution in [3.8, 4) is 17.1 Å². The summed E-state index contributed by atoms with van der Waals surface area (Å²) in [6.45, 7) is 6.95. The Balaban J connectivity index is 1.71. The zero-order valence-electron chi connectivity index (χ0n) is 20.5. The molecule has 2 heterocycles. The third-order valence-corrected chi connectivity index (χ3v) is 6.01. The summed E-state index contributed by atoms with van der Waals surface area (Å²) >= 11 is 0. The minimum absolute atomic E-state index is 0.153. The first-order chi connectivity index (χ1) is 16.5. The van der Waals surface area contributed by atoms with Crippen LogP contribution in [0.3, 0.4) is 0 Å². The molecule has 1 aromatic heterocycles. The molecule has 2 N–H and O–H groups in total. The number of aromatic nitrogens is 2. The maximum absolute atomic E-state index is 12.9. The fourth-order valence-corrected chi connectivity index (χ4v) is 4.30. The molecule has 1 fully saturated rings. The molecule has 35 heavy (non-hydrogen) atoms. The summed E-state index contributed by atoms with van der Waals surface area (Å²) in [6, 6.07) is 14.7. The molecule has 1 aliphatic rings. The van der Waals surface area contributed by atoms with Crippen LogP contribution in [0.25, 0.3) is 22.3 Å². The summed E-state index contributed by atoms with van der Waals surface area (Å²) in [5.41, 5.74) is -0.696. The van der Waals surface area contributed by atoms with E-state index >= 15 is 0 Å². The second kappa shape index (κ2) is 9.05. The number of aliphatic carboxylic acids is 1. The number of anilines is 1. The van der Waals surface area contributed by atoms with Gasteiger partial charge in [-0.3, -0.25) is 4.90 Å². The highest BCUT2D eigenvalue weighted by atomic mass is 16.6. The zero-order valence-corrected chi connectivity index (χ0v) is 20.5. The van der Waals surface area contributed by atoms with E-state index in [1.54, 1.807) is 34.8 Å². The van der Waals surface area contributed by atoms with Gasteiger partial charge in [-0.1, -0.05) is 24.3 Å². The highest BCUT2D eigenvalue weighted by molar-refractivity contribution is 5.91. The largest absolute Gasteiger partial charge is 0.496 e. The van der Waals surface area contributed by atoms with Crippen molar-refractivity contribution in [1.82, 2.24) is 14.9 Å².